The van der Waals surface area contributed by atoms with Gasteiger partial charge in [0.25, 0.3) is 0 Å². The van der Waals surface area contributed by atoms with Crippen molar-refractivity contribution in [1.29, 1.82) is 0 Å². The Morgan fingerprint density at radius 3 is 2.00 bits per heavy atom. The van der Waals surface area contributed by atoms with Crippen LogP contribution in [0.15, 0.2) is 163 Å². The Kier molecular flexibility index (Phi) is 6.46. The number of thiophene rings is 2. The lowest BCUT2D eigenvalue weighted by atomic mass is 10.0. The first kappa shape index (κ1) is 29.0. The summed E-state index contributed by atoms with van der Waals surface area (Å²) in [5.41, 5.74) is 6.94. The smallest absolute Gasteiger partial charge is 0.206 e. The molecule has 10 aromatic rings. The molecular weight excluding hydrogens is 661 g/mol. The summed E-state index contributed by atoms with van der Waals surface area (Å²) < 4.78 is 7.72. The molecule has 11 rings (SSSR count). The molecule has 242 valence electrons. The number of fused-ring (bicyclic) bond motifs is 10. The third kappa shape index (κ3) is 4.51. The highest BCUT2D eigenvalue weighted by Crippen LogP contribution is 2.45. The number of benzene rings is 7. The highest BCUT2D eigenvalue weighted by Gasteiger charge is 2.28. The minimum Gasteiger partial charge on any atom is -0.336 e. The lowest BCUT2D eigenvalue weighted by molar-refractivity contribution is 0.403. The van der Waals surface area contributed by atoms with Crippen molar-refractivity contribution < 1.29 is 0 Å². The summed E-state index contributed by atoms with van der Waals surface area (Å²) in [6.45, 7) is 0. The fraction of sp³-hybridized carbons (Fsp3) is 0.0444. The monoisotopic (exact) mass is 690 g/mol. The maximum Gasteiger partial charge on any atom is 0.206 e. The SMILES string of the molecule is c1ccc(-c2cccc3c4ccccc4n(C4=NC(c5ccc6sc7c(ccc8c9ccccc9sc87)c6c5)NC(c5ccccc5)N4)c23)cc1. The zero-order chi connectivity index (χ0) is 33.5. The van der Waals surface area contributed by atoms with Crippen LogP contribution in [0.4, 0.5) is 0 Å². The molecule has 2 N–H and O–H groups in total. The van der Waals surface area contributed by atoms with Gasteiger partial charge in [-0.05, 0) is 41.0 Å². The third-order valence-corrected chi connectivity index (χ3v) is 12.8. The molecule has 2 unspecified atom stereocenters. The van der Waals surface area contributed by atoms with E-state index in [1.807, 2.05) is 22.7 Å². The Hall–Kier alpha value is -5.79. The van der Waals surface area contributed by atoms with Crippen molar-refractivity contribution in [2.45, 2.75) is 12.3 Å². The van der Waals surface area contributed by atoms with E-state index in [-0.39, 0.29) is 12.3 Å². The number of aromatic nitrogens is 1. The number of nitrogens with zero attached hydrogens (tertiary/aromatic N) is 2. The second-order valence-electron chi connectivity index (χ2n) is 13.2. The molecule has 4 nitrogen and oxygen atoms in total. The molecule has 0 bridgehead atoms. The van der Waals surface area contributed by atoms with Gasteiger partial charge in [0.05, 0.1) is 20.4 Å². The second-order valence-corrected chi connectivity index (χ2v) is 15.3. The molecule has 0 radical (unpaired) electrons. The summed E-state index contributed by atoms with van der Waals surface area (Å²) in [5.74, 6) is 0.824. The number of rotatable bonds is 3. The van der Waals surface area contributed by atoms with Crippen LogP contribution in [0.5, 0.6) is 0 Å². The fourth-order valence-corrected chi connectivity index (χ4v) is 10.5. The van der Waals surface area contributed by atoms with Gasteiger partial charge in [-0.2, -0.15) is 0 Å². The number of aliphatic imine (C=N–C) groups is 1. The van der Waals surface area contributed by atoms with E-state index in [2.05, 4.69) is 173 Å². The number of hydrogen-bond acceptors (Lipinski definition) is 5. The quantitative estimate of drug-likeness (QED) is 0.194. The topological polar surface area (TPSA) is 41.4 Å². The zero-order valence-corrected chi connectivity index (χ0v) is 29.0. The van der Waals surface area contributed by atoms with Crippen molar-refractivity contribution >= 4 is 90.8 Å². The minimum atomic E-state index is -0.279. The van der Waals surface area contributed by atoms with Crippen molar-refractivity contribution in [3.8, 4) is 11.1 Å². The molecule has 0 saturated heterocycles. The molecule has 1 aliphatic rings. The maximum atomic E-state index is 5.52. The van der Waals surface area contributed by atoms with Crippen LogP contribution in [0.25, 0.3) is 73.3 Å². The van der Waals surface area contributed by atoms with Gasteiger partial charge in [-0.1, -0.05) is 133 Å². The van der Waals surface area contributed by atoms with Crippen LogP contribution in [-0.4, -0.2) is 10.5 Å². The van der Waals surface area contributed by atoms with E-state index in [1.54, 1.807) is 0 Å². The molecule has 0 amide bonds. The number of para-hydroxylation sites is 2. The molecular formula is C45H30N4S2. The van der Waals surface area contributed by atoms with Crippen LogP contribution in [0.3, 0.4) is 0 Å². The van der Waals surface area contributed by atoms with Gasteiger partial charge in [0, 0.05) is 47.3 Å². The summed E-state index contributed by atoms with van der Waals surface area (Å²) in [6.07, 6.45) is -0.434. The van der Waals surface area contributed by atoms with Gasteiger partial charge in [-0.25, -0.2) is 4.99 Å². The third-order valence-electron chi connectivity index (χ3n) is 10.3. The van der Waals surface area contributed by atoms with Crippen LogP contribution in [-0.2, 0) is 0 Å². The van der Waals surface area contributed by atoms with Gasteiger partial charge in [0.2, 0.25) is 5.96 Å². The molecule has 0 spiro atoms. The molecule has 6 heteroatoms. The van der Waals surface area contributed by atoms with E-state index in [4.69, 9.17) is 4.99 Å². The number of nitrogens with one attached hydrogen (secondary N) is 2. The largest absolute Gasteiger partial charge is 0.336 e. The molecule has 0 saturated carbocycles. The van der Waals surface area contributed by atoms with E-state index >= 15 is 0 Å². The first-order chi connectivity index (χ1) is 25.3. The summed E-state index contributed by atoms with van der Waals surface area (Å²) >= 11 is 3.80. The van der Waals surface area contributed by atoms with E-state index in [9.17, 15) is 0 Å². The molecule has 2 atom stereocenters. The summed E-state index contributed by atoms with van der Waals surface area (Å²) in [7, 11) is 0. The average Bonchev–Trinajstić information content (AvgIpc) is 3.88. The molecule has 3 aromatic heterocycles. The van der Waals surface area contributed by atoms with E-state index in [1.165, 1.54) is 62.2 Å². The summed E-state index contributed by atoms with van der Waals surface area (Å²) in [4.78, 5) is 5.52. The van der Waals surface area contributed by atoms with Crippen molar-refractivity contribution in [3.63, 3.8) is 0 Å². The Balaban J connectivity index is 1.13. The Bertz CT molecular complexity index is 2990. The highest BCUT2D eigenvalue weighted by molar-refractivity contribution is 7.33. The van der Waals surface area contributed by atoms with Crippen molar-refractivity contribution in [2.75, 3.05) is 0 Å². The van der Waals surface area contributed by atoms with E-state index in [0.29, 0.717) is 0 Å². The zero-order valence-electron chi connectivity index (χ0n) is 27.4. The van der Waals surface area contributed by atoms with Crippen LogP contribution < -0.4 is 10.6 Å². The first-order valence-electron chi connectivity index (χ1n) is 17.3. The normalized spacial score (nSPS) is 16.4. The summed E-state index contributed by atoms with van der Waals surface area (Å²) in [6, 6.07) is 56.9. The molecule has 0 fully saturated rings. The maximum absolute atomic E-state index is 5.52. The Morgan fingerprint density at radius 2 is 1.18 bits per heavy atom. The Morgan fingerprint density at radius 1 is 0.510 bits per heavy atom. The number of hydrogen-bond donors (Lipinski definition) is 2. The van der Waals surface area contributed by atoms with Gasteiger partial charge >= 0.3 is 0 Å². The lowest BCUT2D eigenvalue weighted by Gasteiger charge is -2.32. The van der Waals surface area contributed by atoms with Gasteiger partial charge in [-0.15, -0.1) is 22.7 Å². The Labute approximate surface area is 301 Å². The molecule has 4 heterocycles. The van der Waals surface area contributed by atoms with Crippen LogP contribution in [0.2, 0.25) is 0 Å². The van der Waals surface area contributed by atoms with Gasteiger partial charge in [0.15, 0.2) is 0 Å². The molecule has 0 aliphatic carbocycles. The van der Waals surface area contributed by atoms with E-state index < -0.39 is 0 Å². The fourth-order valence-electron chi connectivity index (χ4n) is 7.94. The summed E-state index contributed by atoms with van der Waals surface area (Å²) in [5, 5.41) is 15.4. The molecule has 51 heavy (non-hydrogen) atoms. The highest BCUT2D eigenvalue weighted by atomic mass is 32.1. The van der Waals surface area contributed by atoms with Gasteiger partial charge in [0.1, 0.15) is 12.3 Å². The van der Waals surface area contributed by atoms with Gasteiger partial charge < -0.3 is 5.32 Å². The molecule has 1 aliphatic heterocycles. The lowest BCUT2D eigenvalue weighted by Crippen LogP contribution is -2.47. The first-order valence-corrected chi connectivity index (χ1v) is 18.9. The van der Waals surface area contributed by atoms with E-state index in [0.717, 1.165) is 28.1 Å². The van der Waals surface area contributed by atoms with Crippen molar-refractivity contribution in [3.05, 3.63) is 169 Å². The van der Waals surface area contributed by atoms with Crippen LogP contribution >= 0.6 is 22.7 Å². The minimum absolute atomic E-state index is 0.156. The average molecular weight is 691 g/mol. The predicted octanol–water partition coefficient (Wildman–Crippen LogP) is 12.0. The van der Waals surface area contributed by atoms with Crippen LogP contribution in [0, 0.1) is 0 Å². The van der Waals surface area contributed by atoms with Crippen LogP contribution in [0.1, 0.15) is 23.5 Å². The predicted molar refractivity (Wildman–Crippen MR) is 218 cm³/mol. The van der Waals surface area contributed by atoms with Crippen molar-refractivity contribution in [1.82, 2.24) is 15.2 Å². The molecule has 7 aromatic carbocycles. The van der Waals surface area contributed by atoms with Gasteiger partial charge in [-0.3, -0.25) is 9.88 Å². The standard InChI is InChI=1S/C45H30N4S2/c1-3-12-27(13-4-1)30-18-11-19-33-31-16-7-9-20-37(31)49(40(30)33)45-47-43(28-14-5-2-6-15-28)46-44(48-45)29-22-25-39-36(26-29)35-24-23-34-32-17-8-10-21-38(32)50-41(34)42(35)51-39/h1-26,43-44,46H,(H,47,48). The van der Waals surface area contributed by atoms with Crippen molar-refractivity contribution in [2.24, 2.45) is 4.99 Å². The second kappa shape index (κ2) is 11.4.